The Labute approximate surface area is 144 Å². The van der Waals surface area contributed by atoms with Crippen LogP contribution in [0.5, 0.6) is 0 Å². The summed E-state index contributed by atoms with van der Waals surface area (Å²) < 4.78 is 0. The van der Waals surface area contributed by atoms with E-state index < -0.39 is 17.4 Å². The van der Waals surface area contributed by atoms with Crippen molar-refractivity contribution in [3.8, 4) is 11.3 Å². The van der Waals surface area contributed by atoms with Gasteiger partial charge >= 0.3 is 5.97 Å². The summed E-state index contributed by atoms with van der Waals surface area (Å²) in [6.07, 6.45) is 3.88. The van der Waals surface area contributed by atoms with Crippen molar-refractivity contribution in [1.29, 1.82) is 0 Å². The molecule has 2 heterocycles. The summed E-state index contributed by atoms with van der Waals surface area (Å²) in [6.45, 7) is 5.21. The number of nitrogens with zero attached hydrogens (tertiary/aromatic N) is 3. The SMILES string of the molecule is CCN(c1c(-c2cccnc2)n[nH]c1Cl)C(C)(C(=O)O)C(C)C=O. The molecule has 8 heteroatoms. The third kappa shape index (κ3) is 2.87. The summed E-state index contributed by atoms with van der Waals surface area (Å²) in [4.78, 5) is 29.0. The molecule has 0 aliphatic carbocycles. The van der Waals surface area contributed by atoms with Crippen molar-refractivity contribution >= 4 is 29.5 Å². The normalized spacial score (nSPS) is 14.7. The number of carboxylic acid groups (broad SMARTS) is 1. The van der Waals surface area contributed by atoms with Gasteiger partial charge in [-0.15, -0.1) is 0 Å². The van der Waals surface area contributed by atoms with E-state index >= 15 is 0 Å². The Hall–Kier alpha value is -2.41. The van der Waals surface area contributed by atoms with E-state index in [9.17, 15) is 14.7 Å². The molecule has 0 aliphatic rings. The van der Waals surface area contributed by atoms with Crippen LogP contribution < -0.4 is 4.90 Å². The first-order valence-corrected chi connectivity index (χ1v) is 7.86. The molecule has 0 aromatic carbocycles. The minimum atomic E-state index is -1.47. The van der Waals surface area contributed by atoms with Crippen molar-refractivity contribution in [2.24, 2.45) is 5.92 Å². The number of hydrogen-bond donors (Lipinski definition) is 2. The van der Waals surface area contributed by atoms with Crippen molar-refractivity contribution in [1.82, 2.24) is 15.2 Å². The number of hydrogen-bond acceptors (Lipinski definition) is 5. The summed E-state index contributed by atoms with van der Waals surface area (Å²) in [6, 6.07) is 3.56. The molecule has 2 unspecified atom stereocenters. The van der Waals surface area contributed by atoms with Gasteiger partial charge in [0, 0.05) is 30.4 Å². The minimum Gasteiger partial charge on any atom is -0.479 e. The second-order valence-corrected chi connectivity index (χ2v) is 5.98. The molecule has 7 nitrogen and oxygen atoms in total. The summed E-state index contributed by atoms with van der Waals surface area (Å²) in [7, 11) is 0. The van der Waals surface area contributed by atoms with E-state index in [1.54, 1.807) is 43.3 Å². The first kappa shape index (κ1) is 17.9. The quantitative estimate of drug-likeness (QED) is 0.745. The maximum absolute atomic E-state index is 12.0. The van der Waals surface area contributed by atoms with E-state index in [-0.39, 0.29) is 5.15 Å². The van der Waals surface area contributed by atoms with Gasteiger partial charge in [-0.3, -0.25) is 10.1 Å². The van der Waals surface area contributed by atoms with Crippen LogP contribution in [0.2, 0.25) is 5.15 Å². The average molecular weight is 351 g/mol. The standard InChI is InChI=1S/C16H19ClN4O3/c1-4-21(16(3,15(23)24)10(2)9-22)13-12(19-20-14(13)17)11-6-5-7-18-8-11/h5-10H,4H2,1-3H3,(H,19,20)(H,23,24). The maximum Gasteiger partial charge on any atom is 0.329 e. The number of anilines is 1. The number of likely N-dealkylation sites (N-methyl/N-ethyl adjacent to an activating group) is 1. The van der Waals surface area contributed by atoms with Gasteiger partial charge in [-0.1, -0.05) is 18.5 Å². The van der Waals surface area contributed by atoms with Gasteiger partial charge in [0.05, 0.1) is 0 Å². The number of pyridine rings is 1. The van der Waals surface area contributed by atoms with Crippen LogP contribution in [0.4, 0.5) is 5.69 Å². The number of halogens is 1. The summed E-state index contributed by atoms with van der Waals surface area (Å²) >= 11 is 6.27. The first-order valence-electron chi connectivity index (χ1n) is 7.48. The summed E-state index contributed by atoms with van der Waals surface area (Å²) in [5.41, 5.74) is 0.146. The Morgan fingerprint density at radius 2 is 2.29 bits per heavy atom. The van der Waals surface area contributed by atoms with Gasteiger partial charge in [0.15, 0.2) is 0 Å². The molecular formula is C16H19ClN4O3. The monoisotopic (exact) mass is 350 g/mol. The lowest BCUT2D eigenvalue weighted by Gasteiger charge is -2.41. The van der Waals surface area contributed by atoms with Gasteiger partial charge in [0.25, 0.3) is 0 Å². The number of aldehydes is 1. The molecule has 2 rings (SSSR count). The number of carboxylic acids is 1. The zero-order chi connectivity index (χ0) is 17.9. The number of aliphatic carboxylic acids is 1. The number of carbonyl (C=O) groups excluding carboxylic acids is 1. The Balaban J connectivity index is 2.66. The average Bonchev–Trinajstić information content (AvgIpc) is 2.96. The number of aromatic amines is 1. The molecule has 0 spiro atoms. The highest BCUT2D eigenvalue weighted by Crippen LogP contribution is 2.40. The van der Waals surface area contributed by atoms with Crippen LogP contribution in [0, 0.1) is 5.92 Å². The molecule has 24 heavy (non-hydrogen) atoms. The zero-order valence-corrected chi connectivity index (χ0v) is 14.4. The number of H-pyrrole nitrogens is 1. The predicted molar refractivity (Wildman–Crippen MR) is 91.1 cm³/mol. The van der Waals surface area contributed by atoms with Crippen LogP contribution in [0.25, 0.3) is 11.3 Å². The first-order chi connectivity index (χ1) is 11.4. The molecule has 0 fully saturated rings. The van der Waals surface area contributed by atoms with Crippen molar-refractivity contribution in [2.45, 2.75) is 26.3 Å². The van der Waals surface area contributed by atoms with E-state index in [0.29, 0.717) is 29.8 Å². The molecule has 2 N–H and O–H groups in total. The van der Waals surface area contributed by atoms with E-state index in [2.05, 4.69) is 15.2 Å². The molecule has 2 atom stereocenters. The van der Waals surface area contributed by atoms with E-state index in [1.807, 2.05) is 0 Å². The van der Waals surface area contributed by atoms with Gasteiger partial charge in [0.2, 0.25) is 0 Å². The van der Waals surface area contributed by atoms with Crippen LogP contribution in [0.3, 0.4) is 0 Å². The van der Waals surface area contributed by atoms with Crippen LogP contribution in [-0.2, 0) is 9.59 Å². The van der Waals surface area contributed by atoms with Gasteiger partial charge in [-0.05, 0) is 26.0 Å². The molecular weight excluding hydrogens is 332 g/mol. The van der Waals surface area contributed by atoms with Crippen LogP contribution in [0.15, 0.2) is 24.5 Å². The molecule has 2 aromatic rings. The number of rotatable bonds is 7. The molecule has 2 aromatic heterocycles. The molecule has 0 bridgehead atoms. The maximum atomic E-state index is 12.0. The lowest BCUT2D eigenvalue weighted by Crippen LogP contribution is -2.57. The van der Waals surface area contributed by atoms with E-state index in [1.165, 1.54) is 6.92 Å². The van der Waals surface area contributed by atoms with Crippen molar-refractivity contribution in [3.63, 3.8) is 0 Å². The molecule has 0 saturated heterocycles. The second-order valence-electron chi connectivity index (χ2n) is 5.60. The zero-order valence-electron chi connectivity index (χ0n) is 13.7. The Bertz CT molecular complexity index is 734. The van der Waals surface area contributed by atoms with Gasteiger partial charge < -0.3 is 14.8 Å². The topological polar surface area (TPSA) is 99.2 Å². The van der Waals surface area contributed by atoms with Gasteiger partial charge in [-0.25, -0.2) is 4.79 Å². The fraction of sp³-hybridized carbons (Fsp3) is 0.375. The fourth-order valence-corrected chi connectivity index (χ4v) is 2.91. The largest absolute Gasteiger partial charge is 0.479 e. The Kier molecular flexibility index (Phi) is 5.23. The Morgan fingerprint density at radius 1 is 1.58 bits per heavy atom. The van der Waals surface area contributed by atoms with Crippen molar-refractivity contribution in [2.75, 3.05) is 11.4 Å². The number of carbonyl (C=O) groups is 2. The molecule has 0 radical (unpaired) electrons. The summed E-state index contributed by atoms with van der Waals surface area (Å²) in [5, 5.41) is 16.9. The van der Waals surface area contributed by atoms with Crippen LogP contribution in [0.1, 0.15) is 20.8 Å². The molecule has 128 valence electrons. The Morgan fingerprint density at radius 3 is 2.79 bits per heavy atom. The summed E-state index contributed by atoms with van der Waals surface area (Å²) in [5.74, 6) is -1.87. The van der Waals surface area contributed by atoms with E-state index in [0.717, 1.165) is 0 Å². The van der Waals surface area contributed by atoms with Crippen molar-refractivity contribution in [3.05, 3.63) is 29.7 Å². The second kappa shape index (κ2) is 7.00. The van der Waals surface area contributed by atoms with Crippen molar-refractivity contribution < 1.29 is 14.7 Å². The lowest BCUT2D eigenvalue weighted by molar-refractivity contribution is -0.146. The minimum absolute atomic E-state index is 0.210. The fourth-order valence-electron chi connectivity index (χ4n) is 2.67. The van der Waals surface area contributed by atoms with Crippen LogP contribution in [-0.4, -0.2) is 44.6 Å². The molecule has 0 aliphatic heterocycles. The van der Waals surface area contributed by atoms with Crippen LogP contribution >= 0.6 is 11.6 Å². The lowest BCUT2D eigenvalue weighted by atomic mass is 9.85. The molecule has 0 amide bonds. The number of aromatic nitrogens is 3. The van der Waals surface area contributed by atoms with Gasteiger partial charge in [-0.2, -0.15) is 5.10 Å². The third-order valence-electron chi connectivity index (χ3n) is 4.30. The number of nitrogens with one attached hydrogen (secondary N) is 1. The smallest absolute Gasteiger partial charge is 0.329 e. The highest BCUT2D eigenvalue weighted by Gasteiger charge is 2.46. The molecule has 0 saturated carbocycles. The third-order valence-corrected chi connectivity index (χ3v) is 4.57. The predicted octanol–water partition coefficient (Wildman–Crippen LogP) is 2.63. The van der Waals surface area contributed by atoms with E-state index in [4.69, 9.17) is 11.6 Å². The highest BCUT2D eigenvalue weighted by atomic mass is 35.5. The van der Waals surface area contributed by atoms with Gasteiger partial charge in [0.1, 0.15) is 28.4 Å². The highest BCUT2D eigenvalue weighted by molar-refractivity contribution is 6.33.